The summed E-state index contributed by atoms with van der Waals surface area (Å²) in [6, 6.07) is 6.44. The van der Waals surface area contributed by atoms with Gasteiger partial charge >= 0.3 is 0 Å². The second kappa shape index (κ2) is 5.94. The lowest BCUT2D eigenvalue weighted by molar-refractivity contribution is 0.0916. The number of carbonyl (C=O) groups excluding carboxylic acids is 1. The van der Waals surface area contributed by atoms with Crippen molar-refractivity contribution in [1.29, 1.82) is 0 Å². The fourth-order valence-corrected chi connectivity index (χ4v) is 3.04. The summed E-state index contributed by atoms with van der Waals surface area (Å²) in [6.45, 7) is 4.07. The summed E-state index contributed by atoms with van der Waals surface area (Å²) < 4.78 is 0. The van der Waals surface area contributed by atoms with Crippen LogP contribution in [0.2, 0.25) is 0 Å². The van der Waals surface area contributed by atoms with E-state index in [0.29, 0.717) is 6.04 Å². The Balaban J connectivity index is 1.65. The van der Waals surface area contributed by atoms with Gasteiger partial charge in [0.2, 0.25) is 0 Å². The molecule has 1 amide bonds. The molecule has 4 nitrogen and oxygen atoms in total. The first-order valence-electron chi connectivity index (χ1n) is 7.54. The molecule has 2 aliphatic heterocycles. The second-order valence-electron chi connectivity index (χ2n) is 5.96. The number of rotatable bonds is 2. The number of amides is 1. The van der Waals surface area contributed by atoms with Crippen LogP contribution in [-0.4, -0.2) is 43.5 Å². The topological polar surface area (TPSA) is 44.4 Å². The monoisotopic (exact) mass is 273 g/mol. The molecule has 0 spiro atoms. The van der Waals surface area contributed by atoms with Gasteiger partial charge in [0.1, 0.15) is 0 Å². The van der Waals surface area contributed by atoms with Crippen LogP contribution >= 0.6 is 0 Å². The van der Waals surface area contributed by atoms with E-state index >= 15 is 0 Å². The quantitative estimate of drug-likeness (QED) is 0.850. The van der Waals surface area contributed by atoms with Gasteiger partial charge in [0.15, 0.2) is 0 Å². The van der Waals surface area contributed by atoms with Gasteiger partial charge in [0.25, 0.3) is 5.91 Å². The third-order valence-corrected chi connectivity index (χ3v) is 4.41. The molecule has 108 valence electrons. The lowest BCUT2D eigenvalue weighted by atomic mass is 9.97. The van der Waals surface area contributed by atoms with Crippen molar-refractivity contribution in [2.45, 2.75) is 31.8 Å². The lowest BCUT2D eigenvalue weighted by Crippen LogP contribution is -2.43. The van der Waals surface area contributed by atoms with Crippen molar-refractivity contribution in [1.82, 2.24) is 15.5 Å². The molecule has 1 aromatic carbocycles. The highest BCUT2D eigenvalue weighted by molar-refractivity contribution is 5.94. The molecule has 0 bridgehead atoms. The molecule has 20 heavy (non-hydrogen) atoms. The largest absolute Gasteiger partial charge is 0.349 e. The van der Waals surface area contributed by atoms with Gasteiger partial charge in [0, 0.05) is 18.2 Å². The SMILES string of the molecule is CN1CCC(NC(=O)c2ccc3c(c2)CCNC3)CC1. The van der Waals surface area contributed by atoms with Crippen molar-refractivity contribution in [3.63, 3.8) is 0 Å². The number of likely N-dealkylation sites (tertiary alicyclic amines) is 1. The molecule has 0 aromatic heterocycles. The number of nitrogens with one attached hydrogen (secondary N) is 2. The highest BCUT2D eigenvalue weighted by Crippen LogP contribution is 2.16. The highest BCUT2D eigenvalue weighted by atomic mass is 16.1. The Labute approximate surface area is 120 Å². The average molecular weight is 273 g/mol. The van der Waals surface area contributed by atoms with Crippen LogP contribution in [0.25, 0.3) is 0 Å². The molecule has 0 saturated carbocycles. The molecular weight excluding hydrogens is 250 g/mol. The van der Waals surface area contributed by atoms with Gasteiger partial charge in [-0.25, -0.2) is 0 Å². The minimum absolute atomic E-state index is 0.0842. The second-order valence-corrected chi connectivity index (χ2v) is 5.96. The van der Waals surface area contributed by atoms with Crippen LogP contribution in [0.1, 0.15) is 34.3 Å². The molecule has 0 unspecified atom stereocenters. The van der Waals surface area contributed by atoms with E-state index in [2.05, 4.69) is 34.7 Å². The van der Waals surface area contributed by atoms with Crippen molar-refractivity contribution in [2.75, 3.05) is 26.7 Å². The summed E-state index contributed by atoms with van der Waals surface area (Å²) in [5.74, 6) is 0.0842. The van der Waals surface area contributed by atoms with Gasteiger partial charge in [-0.2, -0.15) is 0 Å². The van der Waals surface area contributed by atoms with E-state index in [4.69, 9.17) is 0 Å². The zero-order chi connectivity index (χ0) is 13.9. The molecule has 4 heteroatoms. The highest BCUT2D eigenvalue weighted by Gasteiger charge is 2.19. The fourth-order valence-electron chi connectivity index (χ4n) is 3.04. The summed E-state index contributed by atoms with van der Waals surface area (Å²) in [4.78, 5) is 14.7. The van der Waals surface area contributed by atoms with E-state index in [1.807, 2.05) is 6.07 Å². The third-order valence-electron chi connectivity index (χ3n) is 4.41. The van der Waals surface area contributed by atoms with E-state index in [-0.39, 0.29) is 5.91 Å². The summed E-state index contributed by atoms with van der Waals surface area (Å²) in [6.07, 6.45) is 3.12. The van der Waals surface area contributed by atoms with Crippen LogP contribution in [0, 0.1) is 0 Å². The summed E-state index contributed by atoms with van der Waals surface area (Å²) in [7, 11) is 2.13. The first kappa shape index (κ1) is 13.6. The van der Waals surface area contributed by atoms with Gasteiger partial charge < -0.3 is 15.5 Å². The first-order valence-corrected chi connectivity index (χ1v) is 7.54. The normalized spacial score (nSPS) is 20.4. The van der Waals surface area contributed by atoms with E-state index in [1.54, 1.807) is 0 Å². The smallest absolute Gasteiger partial charge is 0.251 e. The maximum Gasteiger partial charge on any atom is 0.251 e. The van der Waals surface area contributed by atoms with Crippen molar-refractivity contribution in [2.24, 2.45) is 0 Å². The van der Waals surface area contributed by atoms with E-state index in [1.165, 1.54) is 11.1 Å². The Hall–Kier alpha value is -1.39. The molecule has 1 saturated heterocycles. The number of fused-ring (bicyclic) bond motifs is 1. The van der Waals surface area contributed by atoms with Crippen LogP contribution in [0.15, 0.2) is 18.2 Å². The van der Waals surface area contributed by atoms with Gasteiger partial charge in [-0.1, -0.05) is 6.07 Å². The molecule has 0 aliphatic carbocycles. The number of hydrogen-bond acceptors (Lipinski definition) is 3. The molecule has 0 radical (unpaired) electrons. The predicted molar refractivity (Wildman–Crippen MR) is 79.8 cm³/mol. The zero-order valence-corrected chi connectivity index (χ0v) is 12.1. The van der Waals surface area contributed by atoms with Gasteiger partial charge in [-0.05, 0) is 69.2 Å². The average Bonchev–Trinajstić information content (AvgIpc) is 2.49. The van der Waals surface area contributed by atoms with Crippen molar-refractivity contribution >= 4 is 5.91 Å². The lowest BCUT2D eigenvalue weighted by Gasteiger charge is -2.29. The van der Waals surface area contributed by atoms with Gasteiger partial charge in [-0.3, -0.25) is 4.79 Å². The summed E-state index contributed by atoms with van der Waals surface area (Å²) in [5, 5.41) is 6.54. The Morgan fingerprint density at radius 1 is 1.30 bits per heavy atom. The number of hydrogen-bond donors (Lipinski definition) is 2. The summed E-state index contributed by atoms with van der Waals surface area (Å²) >= 11 is 0. The molecule has 2 N–H and O–H groups in total. The van der Waals surface area contributed by atoms with E-state index in [0.717, 1.165) is 51.0 Å². The van der Waals surface area contributed by atoms with Gasteiger partial charge in [-0.15, -0.1) is 0 Å². The Morgan fingerprint density at radius 2 is 2.10 bits per heavy atom. The zero-order valence-electron chi connectivity index (χ0n) is 12.1. The molecule has 1 aromatic rings. The van der Waals surface area contributed by atoms with E-state index < -0.39 is 0 Å². The fraction of sp³-hybridized carbons (Fsp3) is 0.562. The predicted octanol–water partition coefficient (Wildman–Crippen LogP) is 1.16. The van der Waals surface area contributed by atoms with Crippen molar-refractivity contribution in [3.05, 3.63) is 34.9 Å². The molecule has 0 atom stereocenters. The summed E-state index contributed by atoms with van der Waals surface area (Å²) in [5.41, 5.74) is 3.46. The van der Waals surface area contributed by atoms with Gasteiger partial charge in [0.05, 0.1) is 0 Å². The molecule has 1 fully saturated rings. The van der Waals surface area contributed by atoms with Crippen LogP contribution in [-0.2, 0) is 13.0 Å². The number of nitrogens with zero attached hydrogens (tertiary/aromatic N) is 1. The number of carbonyl (C=O) groups is 1. The Morgan fingerprint density at radius 3 is 2.90 bits per heavy atom. The standard InChI is InChI=1S/C16H23N3O/c1-19-8-5-15(6-9-19)18-16(20)13-2-3-14-11-17-7-4-12(14)10-13/h2-3,10,15,17H,4-9,11H2,1H3,(H,18,20). The van der Waals surface area contributed by atoms with Crippen molar-refractivity contribution < 1.29 is 4.79 Å². The molecule has 3 rings (SSSR count). The van der Waals surface area contributed by atoms with Crippen LogP contribution in [0.4, 0.5) is 0 Å². The minimum atomic E-state index is 0.0842. The van der Waals surface area contributed by atoms with Crippen LogP contribution < -0.4 is 10.6 Å². The Kier molecular flexibility index (Phi) is 4.03. The molecule has 2 aliphatic rings. The number of benzene rings is 1. The number of piperidine rings is 1. The van der Waals surface area contributed by atoms with Crippen LogP contribution in [0.5, 0.6) is 0 Å². The molecule has 2 heterocycles. The first-order chi connectivity index (χ1) is 9.72. The molecular formula is C16H23N3O. The maximum atomic E-state index is 12.3. The van der Waals surface area contributed by atoms with E-state index in [9.17, 15) is 4.79 Å². The third kappa shape index (κ3) is 3.02. The Bertz CT molecular complexity index is 492. The van der Waals surface area contributed by atoms with Crippen molar-refractivity contribution in [3.8, 4) is 0 Å². The minimum Gasteiger partial charge on any atom is -0.349 e. The maximum absolute atomic E-state index is 12.3. The van der Waals surface area contributed by atoms with Crippen LogP contribution in [0.3, 0.4) is 0 Å².